The van der Waals surface area contributed by atoms with Crippen LogP contribution in [-0.2, 0) is 0 Å². The van der Waals surface area contributed by atoms with Crippen LogP contribution in [0.3, 0.4) is 0 Å². The third-order valence-electron chi connectivity index (χ3n) is 6.32. The Hall–Kier alpha value is -4.53. The molecule has 0 heterocycles. The molecular weight excluding hydrogens is 535 g/mol. The average Bonchev–Trinajstić information content (AvgIpc) is 3.16. The van der Waals surface area contributed by atoms with E-state index >= 15 is 0 Å². The molecule has 0 atom stereocenters. The van der Waals surface area contributed by atoms with Crippen LogP contribution in [0.1, 0.15) is 0 Å². The number of halogens is 8. The topological polar surface area (TPSA) is 0 Å². The van der Waals surface area contributed by atoms with Crippen LogP contribution in [0, 0.1) is 46.5 Å². The van der Waals surface area contributed by atoms with E-state index in [1.165, 1.54) is 0 Å². The zero-order valence-corrected chi connectivity index (χ0v) is 20.6. The molecule has 0 saturated carbocycles. The summed E-state index contributed by atoms with van der Waals surface area (Å²) in [6.07, 6.45) is -3.29. The Bertz CT molecular complexity index is 1320. The molecule has 0 N–H and O–H groups in total. The summed E-state index contributed by atoms with van der Waals surface area (Å²) in [4.78, 5) is 0. The molecule has 0 bridgehead atoms. The number of hydrogen-bond donors (Lipinski definition) is 0. The lowest BCUT2D eigenvalue weighted by molar-refractivity contribution is 0.585. The maximum absolute atomic E-state index is 14.3. The van der Waals surface area contributed by atoms with Crippen LogP contribution in [0.2, 0.25) is 0 Å². The van der Waals surface area contributed by atoms with Crippen molar-refractivity contribution in [2.45, 2.75) is 0 Å². The maximum Gasteiger partial charge on any atom is 0.123 e. The SMILES string of the molecule is Fc1cc(F)cc([B-](c2cc(F)cc(F)c2)(c2cc(F)cc(F)c2)c2cc(F)cc(F)c2)c1.c1ccc[cH+]cc1. The van der Waals surface area contributed by atoms with Crippen LogP contribution in [0.25, 0.3) is 0 Å². The summed E-state index contributed by atoms with van der Waals surface area (Å²) >= 11 is 0. The minimum absolute atomic E-state index is 0.354. The summed E-state index contributed by atoms with van der Waals surface area (Å²) in [7, 11) is 0. The van der Waals surface area contributed by atoms with E-state index in [0.29, 0.717) is 24.3 Å². The van der Waals surface area contributed by atoms with Crippen molar-refractivity contribution in [3.8, 4) is 0 Å². The molecule has 0 unspecified atom stereocenters. The fourth-order valence-corrected chi connectivity index (χ4v) is 4.90. The van der Waals surface area contributed by atoms with Crippen molar-refractivity contribution in [1.29, 1.82) is 0 Å². The van der Waals surface area contributed by atoms with Crippen molar-refractivity contribution >= 4 is 28.0 Å². The van der Waals surface area contributed by atoms with Crippen LogP contribution < -0.4 is 21.9 Å². The maximum atomic E-state index is 14.3. The van der Waals surface area contributed by atoms with Crippen molar-refractivity contribution < 1.29 is 35.1 Å². The Balaban J connectivity index is 0.000000461. The second-order valence-corrected chi connectivity index (χ2v) is 9.02. The molecule has 0 aliphatic heterocycles. The molecule has 0 nitrogen and oxygen atoms in total. The quantitative estimate of drug-likeness (QED) is 0.142. The van der Waals surface area contributed by atoms with Gasteiger partial charge in [-0.05, 0) is 0 Å². The van der Waals surface area contributed by atoms with Crippen LogP contribution in [0.5, 0.6) is 0 Å². The van der Waals surface area contributed by atoms with Crippen molar-refractivity contribution in [2.24, 2.45) is 0 Å². The van der Waals surface area contributed by atoms with Gasteiger partial charge in [-0.15, -0.1) is 0 Å². The molecule has 0 amide bonds. The first-order chi connectivity index (χ1) is 19.1. The highest BCUT2D eigenvalue weighted by Crippen LogP contribution is 2.16. The molecule has 5 aromatic carbocycles. The third kappa shape index (κ3) is 6.36. The van der Waals surface area contributed by atoms with Gasteiger partial charge in [-0.3, -0.25) is 0 Å². The molecule has 5 rings (SSSR count). The smallest absolute Gasteiger partial charge is 0.123 e. The summed E-state index contributed by atoms with van der Waals surface area (Å²) in [6.45, 7) is 0. The highest BCUT2D eigenvalue weighted by Gasteiger charge is 2.35. The Morgan fingerprint density at radius 1 is 0.325 bits per heavy atom. The van der Waals surface area contributed by atoms with Gasteiger partial charge < -0.3 is 0 Å². The zero-order chi connectivity index (χ0) is 28.9. The third-order valence-corrected chi connectivity index (χ3v) is 6.32. The van der Waals surface area contributed by atoms with Gasteiger partial charge in [-0.2, -0.15) is 21.9 Å². The number of rotatable bonds is 4. The Morgan fingerprint density at radius 3 is 0.775 bits per heavy atom. The lowest BCUT2D eigenvalue weighted by Crippen LogP contribution is -2.75. The van der Waals surface area contributed by atoms with Gasteiger partial charge in [0.15, 0.2) is 0 Å². The normalized spacial score (nSPS) is 11.0. The summed E-state index contributed by atoms with van der Waals surface area (Å²) in [5, 5.41) is 0. The van der Waals surface area contributed by atoms with Gasteiger partial charge >= 0.3 is 0 Å². The van der Waals surface area contributed by atoms with E-state index in [0.717, 1.165) is 48.5 Å². The largest absolute Gasteiger partial charge is 0.207 e. The lowest BCUT2D eigenvalue weighted by Gasteiger charge is -2.44. The van der Waals surface area contributed by atoms with Crippen molar-refractivity contribution in [3.05, 3.63) is 162 Å². The molecule has 0 fully saturated rings. The predicted molar refractivity (Wildman–Crippen MR) is 141 cm³/mol. The van der Waals surface area contributed by atoms with E-state index in [2.05, 4.69) is 0 Å². The molecule has 9 heteroatoms. The molecule has 0 radical (unpaired) electrons. The number of hydrogen-bond acceptors (Lipinski definition) is 0. The lowest BCUT2D eigenvalue weighted by atomic mass is 9.13. The van der Waals surface area contributed by atoms with E-state index in [1.54, 1.807) is 0 Å². The Kier molecular flexibility index (Phi) is 8.62. The second kappa shape index (κ2) is 12.1. The molecule has 40 heavy (non-hydrogen) atoms. The van der Waals surface area contributed by atoms with E-state index in [-0.39, 0.29) is 21.9 Å². The average molecular weight is 554 g/mol. The van der Waals surface area contributed by atoms with E-state index in [1.807, 2.05) is 42.5 Å². The summed E-state index contributed by atoms with van der Waals surface area (Å²) in [5.41, 5.74) is -1.42. The van der Waals surface area contributed by atoms with Crippen LogP contribution in [-0.4, -0.2) is 6.15 Å². The minimum Gasteiger partial charge on any atom is -0.207 e. The molecular formula is C31H19BF8. The molecule has 0 spiro atoms. The molecule has 0 aromatic heterocycles. The van der Waals surface area contributed by atoms with Gasteiger partial charge in [-0.1, -0.05) is 48.5 Å². The fourth-order valence-electron chi connectivity index (χ4n) is 4.90. The van der Waals surface area contributed by atoms with Crippen LogP contribution in [0.4, 0.5) is 35.1 Å². The summed E-state index contributed by atoms with van der Waals surface area (Å²) in [6, 6.07) is 22.2. The number of benzene rings is 4. The van der Waals surface area contributed by atoms with Crippen LogP contribution >= 0.6 is 0 Å². The van der Waals surface area contributed by atoms with Gasteiger partial charge in [0, 0.05) is 66.7 Å². The molecule has 5 aromatic rings. The van der Waals surface area contributed by atoms with E-state index in [9.17, 15) is 35.1 Å². The fraction of sp³-hybridized carbons (Fsp3) is 0. The molecule has 0 saturated heterocycles. The zero-order valence-electron chi connectivity index (χ0n) is 20.6. The summed E-state index contributed by atoms with van der Waals surface area (Å²) < 4.78 is 114. The molecule has 0 aliphatic carbocycles. The van der Waals surface area contributed by atoms with E-state index < -0.39 is 52.7 Å². The van der Waals surface area contributed by atoms with Gasteiger partial charge in [0.2, 0.25) is 0 Å². The van der Waals surface area contributed by atoms with Gasteiger partial charge in [0.1, 0.15) is 52.7 Å². The second-order valence-electron chi connectivity index (χ2n) is 9.02. The van der Waals surface area contributed by atoms with Crippen molar-refractivity contribution in [3.63, 3.8) is 0 Å². The molecule has 0 aliphatic rings. The minimum atomic E-state index is -3.29. The monoisotopic (exact) mass is 554 g/mol. The van der Waals surface area contributed by atoms with E-state index in [4.69, 9.17) is 0 Å². The highest BCUT2D eigenvalue weighted by atomic mass is 19.2. The first-order valence-corrected chi connectivity index (χ1v) is 11.9. The predicted octanol–water partition coefficient (Wildman–Crippen LogP) is 6.14. The van der Waals surface area contributed by atoms with Gasteiger partial charge in [0.25, 0.3) is 0 Å². The van der Waals surface area contributed by atoms with Crippen molar-refractivity contribution in [1.82, 2.24) is 0 Å². The first-order valence-electron chi connectivity index (χ1n) is 11.9. The van der Waals surface area contributed by atoms with Gasteiger partial charge in [0.05, 0.1) is 0 Å². The highest BCUT2D eigenvalue weighted by molar-refractivity contribution is 7.19. The Labute approximate surface area is 225 Å². The van der Waals surface area contributed by atoms with Crippen molar-refractivity contribution in [2.75, 3.05) is 0 Å². The summed E-state index contributed by atoms with van der Waals surface area (Å²) in [5.74, 6) is -8.99. The first kappa shape index (κ1) is 28.5. The standard InChI is InChI=1S/C24H12BF8.C7H7/c26-17-1-13(2-18(27)9-17)25(14-3-19(28)10-20(29)4-14,15-5-21(30)11-22(31)6-15)16-7-23(32)12-24(33)8-16;1-2-4-6-7-5-3-1/h1-12H;1-7H/q-1;+1. The van der Waals surface area contributed by atoms with Gasteiger partial charge in [-0.25, -0.2) is 35.1 Å². The Morgan fingerprint density at radius 2 is 0.550 bits per heavy atom. The van der Waals surface area contributed by atoms with Crippen LogP contribution in [0.15, 0.2) is 115 Å². The molecule has 202 valence electrons.